The Morgan fingerprint density at radius 1 is 1.29 bits per heavy atom. The summed E-state index contributed by atoms with van der Waals surface area (Å²) in [5.41, 5.74) is 1.67. The van der Waals surface area contributed by atoms with E-state index in [1.807, 2.05) is 32.9 Å². The Morgan fingerprint density at radius 2 is 2.00 bits per heavy atom. The fourth-order valence-electron chi connectivity index (χ4n) is 2.11. The van der Waals surface area contributed by atoms with Crippen molar-refractivity contribution in [3.8, 4) is 6.07 Å². The van der Waals surface area contributed by atoms with Crippen molar-refractivity contribution in [1.29, 1.82) is 5.26 Å². The quantitative estimate of drug-likeness (QED) is 0.897. The van der Waals surface area contributed by atoms with Crippen molar-refractivity contribution in [2.45, 2.75) is 44.4 Å². The molecular formula is C17H21N3O3S. The van der Waals surface area contributed by atoms with Crippen molar-refractivity contribution in [2.24, 2.45) is 0 Å². The first kappa shape index (κ1) is 18.2. The van der Waals surface area contributed by atoms with Crippen LogP contribution in [0.25, 0.3) is 0 Å². The van der Waals surface area contributed by atoms with Gasteiger partial charge in [0, 0.05) is 24.4 Å². The van der Waals surface area contributed by atoms with E-state index in [-0.39, 0.29) is 16.9 Å². The maximum absolute atomic E-state index is 12.3. The molecule has 0 bridgehead atoms. The molecule has 0 atom stereocenters. The molecular weight excluding hydrogens is 326 g/mol. The van der Waals surface area contributed by atoms with Crippen molar-refractivity contribution in [3.63, 3.8) is 0 Å². The summed E-state index contributed by atoms with van der Waals surface area (Å²) in [6, 6.07) is 8.30. The van der Waals surface area contributed by atoms with Gasteiger partial charge in [0.1, 0.15) is 5.76 Å². The second-order valence-electron chi connectivity index (χ2n) is 6.67. The molecule has 0 aliphatic carbocycles. The predicted octanol–water partition coefficient (Wildman–Crippen LogP) is 2.67. The Labute approximate surface area is 142 Å². The third-order valence-corrected chi connectivity index (χ3v) is 5.06. The average molecular weight is 347 g/mol. The number of aryl methyl sites for hydroxylation is 1. The fourth-order valence-corrected chi connectivity index (χ4v) is 3.23. The smallest absolute Gasteiger partial charge is 0.240 e. The van der Waals surface area contributed by atoms with E-state index in [4.69, 9.17) is 9.78 Å². The SMILES string of the molecule is Cc1cc(S(=O)(=O)NCCc2cc(C(C)(C)C)on2)ccc1C#N. The van der Waals surface area contributed by atoms with E-state index in [0.717, 1.165) is 5.76 Å². The molecule has 0 saturated carbocycles. The number of nitrogens with one attached hydrogen (secondary N) is 1. The molecule has 0 spiro atoms. The number of benzene rings is 1. The van der Waals surface area contributed by atoms with Crippen LogP contribution in [0.4, 0.5) is 0 Å². The van der Waals surface area contributed by atoms with E-state index in [1.165, 1.54) is 18.2 Å². The molecule has 6 nitrogen and oxygen atoms in total. The van der Waals surface area contributed by atoms with Crippen molar-refractivity contribution in [2.75, 3.05) is 6.54 Å². The minimum Gasteiger partial charge on any atom is -0.361 e. The van der Waals surface area contributed by atoms with E-state index in [9.17, 15) is 8.42 Å². The lowest BCUT2D eigenvalue weighted by molar-refractivity contribution is 0.326. The van der Waals surface area contributed by atoms with E-state index in [0.29, 0.717) is 23.2 Å². The second-order valence-corrected chi connectivity index (χ2v) is 8.44. The molecule has 1 N–H and O–H groups in total. The summed E-state index contributed by atoms with van der Waals surface area (Å²) in [5, 5.41) is 12.9. The van der Waals surface area contributed by atoms with Gasteiger partial charge in [-0.3, -0.25) is 0 Å². The molecule has 1 aromatic carbocycles. The maximum atomic E-state index is 12.3. The molecule has 128 valence electrons. The molecule has 7 heteroatoms. The number of aromatic nitrogens is 1. The molecule has 0 saturated heterocycles. The Kier molecular flexibility index (Phi) is 5.11. The lowest BCUT2D eigenvalue weighted by atomic mass is 9.93. The van der Waals surface area contributed by atoms with E-state index in [2.05, 4.69) is 9.88 Å². The number of hydrogen-bond acceptors (Lipinski definition) is 5. The van der Waals surface area contributed by atoms with Crippen molar-refractivity contribution >= 4 is 10.0 Å². The van der Waals surface area contributed by atoms with Crippen LogP contribution < -0.4 is 4.72 Å². The van der Waals surface area contributed by atoms with Crippen molar-refractivity contribution in [3.05, 3.63) is 46.8 Å². The van der Waals surface area contributed by atoms with Crippen LogP contribution >= 0.6 is 0 Å². The van der Waals surface area contributed by atoms with Gasteiger partial charge in [0.2, 0.25) is 10.0 Å². The maximum Gasteiger partial charge on any atom is 0.240 e. The van der Waals surface area contributed by atoms with Crippen LogP contribution in [-0.2, 0) is 21.9 Å². The molecule has 1 aromatic heterocycles. The zero-order valence-corrected chi connectivity index (χ0v) is 15.1. The van der Waals surface area contributed by atoms with Gasteiger partial charge in [0.05, 0.1) is 22.2 Å². The summed E-state index contributed by atoms with van der Waals surface area (Å²) < 4.78 is 32.4. The normalized spacial score (nSPS) is 12.1. The van der Waals surface area contributed by atoms with Crippen LogP contribution in [0.15, 0.2) is 33.7 Å². The van der Waals surface area contributed by atoms with Gasteiger partial charge in [-0.1, -0.05) is 25.9 Å². The first-order valence-corrected chi connectivity index (χ1v) is 9.08. The van der Waals surface area contributed by atoms with Crippen LogP contribution in [-0.4, -0.2) is 20.1 Å². The van der Waals surface area contributed by atoms with Gasteiger partial charge in [-0.05, 0) is 30.7 Å². The van der Waals surface area contributed by atoms with Crippen LogP contribution in [0.3, 0.4) is 0 Å². The van der Waals surface area contributed by atoms with Crippen LogP contribution in [0.1, 0.15) is 43.4 Å². The summed E-state index contributed by atoms with van der Waals surface area (Å²) >= 11 is 0. The zero-order chi connectivity index (χ0) is 18.0. The molecule has 0 unspecified atom stereocenters. The second kappa shape index (κ2) is 6.75. The Balaban J connectivity index is 2.02. The van der Waals surface area contributed by atoms with E-state index < -0.39 is 10.0 Å². The Hall–Kier alpha value is -2.17. The molecule has 0 fully saturated rings. The highest BCUT2D eigenvalue weighted by Gasteiger charge is 2.20. The minimum absolute atomic E-state index is 0.134. The molecule has 2 rings (SSSR count). The fraction of sp³-hybridized carbons (Fsp3) is 0.412. The molecule has 0 amide bonds. The Morgan fingerprint density at radius 3 is 2.54 bits per heavy atom. The van der Waals surface area contributed by atoms with Gasteiger partial charge in [0.15, 0.2) is 0 Å². The summed E-state index contributed by atoms with van der Waals surface area (Å²) in [5.74, 6) is 0.767. The van der Waals surface area contributed by atoms with Gasteiger partial charge in [-0.2, -0.15) is 5.26 Å². The minimum atomic E-state index is -3.62. The van der Waals surface area contributed by atoms with Gasteiger partial charge in [-0.15, -0.1) is 0 Å². The zero-order valence-electron chi connectivity index (χ0n) is 14.3. The molecule has 24 heavy (non-hydrogen) atoms. The van der Waals surface area contributed by atoms with Crippen LogP contribution in [0.2, 0.25) is 0 Å². The van der Waals surface area contributed by atoms with Crippen LogP contribution in [0, 0.1) is 18.3 Å². The topological polar surface area (TPSA) is 96.0 Å². The summed E-state index contributed by atoms with van der Waals surface area (Å²) in [6.07, 6.45) is 0.439. The van der Waals surface area contributed by atoms with Gasteiger partial charge < -0.3 is 4.52 Å². The lowest BCUT2D eigenvalue weighted by Crippen LogP contribution is -2.26. The molecule has 0 aliphatic heterocycles. The van der Waals surface area contributed by atoms with Gasteiger partial charge in [0.25, 0.3) is 0 Å². The number of rotatable bonds is 5. The van der Waals surface area contributed by atoms with Crippen molar-refractivity contribution in [1.82, 2.24) is 9.88 Å². The monoisotopic (exact) mass is 347 g/mol. The van der Waals surface area contributed by atoms with Gasteiger partial charge >= 0.3 is 0 Å². The largest absolute Gasteiger partial charge is 0.361 e. The molecule has 1 heterocycles. The van der Waals surface area contributed by atoms with Crippen LogP contribution in [0.5, 0.6) is 0 Å². The summed E-state index contributed by atoms with van der Waals surface area (Å²) in [6.45, 7) is 7.99. The third-order valence-electron chi connectivity index (χ3n) is 3.60. The summed E-state index contributed by atoms with van der Waals surface area (Å²) in [7, 11) is -3.62. The Bertz CT molecular complexity index is 871. The highest BCUT2D eigenvalue weighted by atomic mass is 32.2. The van der Waals surface area contributed by atoms with Crippen molar-refractivity contribution < 1.29 is 12.9 Å². The molecule has 0 radical (unpaired) electrons. The van der Waals surface area contributed by atoms with E-state index in [1.54, 1.807) is 6.92 Å². The third kappa shape index (κ3) is 4.22. The number of nitrogens with zero attached hydrogens (tertiary/aromatic N) is 2. The first-order chi connectivity index (χ1) is 11.1. The highest BCUT2D eigenvalue weighted by Crippen LogP contribution is 2.22. The van der Waals surface area contributed by atoms with E-state index >= 15 is 0 Å². The number of hydrogen-bond donors (Lipinski definition) is 1. The molecule has 0 aliphatic rings. The standard InChI is InChI=1S/C17H21N3O3S/c1-12-9-15(6-5-13(12)11-18)24(21,22)19-8-7-14-10-16(23-20-14)17(2,3)4/h5-6,9-10,19H,7-8H2,1-4H3. The number of nitriles is 1. The lowest BCUT2D eigenvalue weighted by Gasteiger charge is -2.12. The highest BCUT2D eigenvalue weighted by molar-refractivity contribution is 7.89. The predicted molar refractivity (Wildman–Crippen MR) is 90.0 cm³/mol. The average Bonchev–Trinajstić information content (AvgIpc) is 2.96. The summed E-state index contributed by atoms with van der Waals surface area (Å²) in [4.78, 5) is 0.148. The number of sulfonamides is 1. The first-order valence-electron chi connectivity index (χ1n) is 7.60. The van der Waals surface area contributed by atoms with Gasteiger partial charge in [-0.25, -0.2) is 13.1 Å². The molecule has 2 aromatic rings.